The van der Waals surface area contributed by atoms with E-state index >= 15 is 0 Å². The van der Waals surface area contributed by atoms with Gasteiger partial charge in [-0.25, -0.2) is 8.42 Å². The van der Waals surface area contributed by atoms with E-state index in [1.165, 1.54) is 27.5 Å². The molecule has 1 aromatic carbocycles. The van der Waals surface area contributed by atoms with Crippen molar-refractivity contribution in [2.45, 2.75) is 62.8 Å². The summed E-state index contributed by atoms with van der Waals surface area (Å²) in [7, 11) is -0.475. The number of piperidine rings is 1. The highest BCUT2D eigenvalue weighted by atomic mass is 32.2. The number of carbonyl (C=O) groups is 2. The molecule has 10 heteroatoms. The fourth-order valence-electron chi connectivity index (χ4n) is 5.38. The minimum absolute atomic E-state index is 0.0373. The van der Waals surface area contributed by atoms with Crippen LogP contribution in [0.4, 0.5) is 0 Å². The number of aryl methyl sites for hydroxylation is 1. The quantitative estimate of drug-likeness (QED) is 0.546. The molecule has 1 aromatic heterocycles. The molecule has 0 N–H and O–H groups in total. The number of likely N-dealkylation sites (tertiary alicyclic amines) is 1. The summed E-state index contributed by atoms with van der Waals surface area (Å²) in [4.78, 5) is 40.6. The van der Waals surface area contributed by atoms with Crippen LogP contribution in [0, 0.1) is 5.92 Å². The number of nitrogens with zero attached hydrogens (tertiary/aromatic N) is 3. The van der Waals surface area contributed by atoms with E-state index in [4.69, 9.17) is 4.74 Å². The maximum absolute atomic E-state index is 13.5. The van der Waals surface area contributed by atoms with E-state index in [0.29, 0.717) is 24.9 Å². The van der Waals surface area contributed by atoms with E-state index < -0.39 is 27.3 Å². The minimum Gasteiger partial charge on any atom is -0.466 e. The SMILES string of the molecule is CCOC(=O)[C@H]1CCCN(C(=O)c2cn(C)c3ccc(S(=O)(=O)N(C)C4CCCCC4)cc3c2=O)C1. The maximum Gasteiger partial charge on any atom is 0.310 e. The summed E-state index contributed by atoms with van der Waals surface area (Å²) in [6.07, 6.45) is 7.53. The molecule has 4 rings (SSSR count). The van der Waals surface area contributed by atoms with E-state index in [2.05, 4.69) is 0 Å². The summed E-state index contributed by atoms with van der Waals surface area (Å²) in [5.41, 5.74) is -0.00715. The summed E-state index contributed by atoms with van der Waals surface area (Å²) in [6.45, 7) is 2.65. The summed E-state index contributed by atoms with van der Waals surface area (Å²) in [5, 5.41) is 0.181. The standard InChI is InChI=1S/C26H35N3O6S/c1-4-35-26(32)18-9-8-14-29(16-18)25(31)22-17-27(2)23-13-12-20(15-21(23)24(22)30)36(33,34)28(3)19-10-6-5-7-11-19/h12-13,15,17-19H,4-11,14,16H2,1-3H3/t18-/m0/s1. The predicted molar refractivity (Wildman–Crippen MR) is 136 cm³/mol. The van der Waals surface area contributed by atoms with Crippen molar-refractivity contribution in [1.29, 1.82) is 0 Å². The molecule has 0 radical (unpaired) electrons. The van der Waals surface area contributed by atoms with E-state index in [-0.39, 0.29) is 41.0 Å². The highest BCUT2D eigenvalue weighted by molar-refractivity contribution is 7.89. The smallest absolute Gasteiger partial charge is 0.310 e. The van der Waals surface area contributed by atoms with E-state index in [0.717, 1.165) is 32.1 Å². The lowest BCUT2D eigenvalue weighted by molar-refractivity contribution is -0.149. The van der Waals surface area contributed by atoms with E-state index in [9.17, 15) is 22.8 Å². The Morgan fingerprint density at radius 2 is 1.83 bits per heavy atom. The van der Waals surface area contributed by atoms with Crippen LogP contribution in [0.3, 0.4) is 0 Å². The molecule has 196 valence electrons. The molecular formula is C26H35N3O6S. The summed E-state index contributed by atoms with van der Waals surface area (Å²) in [5.74, 6) is -1.21. The zero-order chi connectivity index (χ0) is 26.0. The summed E-state index contributed by atoms with van der Waals surface area (Å²) < 4.78 is 35.0. The Kier molecular flexibility index (Phi) is 7.85. The highest BCUT2D eigenvalue weighted by Crippen LogP contribution is 2.28. The Morgan fingerprint density at radius 3 is 2.53 bits per heavy atom. The summed E-state index contributed by atoms with van der Waals surface area (Å²) >= 11 is 0. The molecule has 1 aliphatic carbocycles. The molecule has 2 aliphatic rings. The van der Waals surface area contributed by atoms with Crippen LogP contribution in [0.1, 0.15) is 62.2 Å². The number of esters is 1. The first-order valence-electron chi connectivity index (χ1n) is 12.7. The Bertz CT molecular complexity index is 1310. The third-order valence-electron chi connectivity index (χ3n) is 7.48. The first-order chi connectivity index (χ1) is 17.1. The van der Waals surface area contributed by atoms with Gasteiger partial charge in [0.05, 0.1) is 22.9 Å². The Morgan fingerprint density at radius 1 is 1.11 bits per heavy atom. The van der Waals surface area contributed by atoms with Crippen molar-refractivity contribution >= 4 is 32.8 Å². The van der Waals surface area contributed by atoms with Crippen molar-refractivity contribution in [2.75, 3.05) is 26.7 Å². The molecular weight excluding hydrogens is 482 g/mol. The largest absolute Gasteiger partial charge is 0.466 e. The van der Waals surface area contributed by atoms with Gasteiger partial charge in [0.15, 0.2) is 0 Å². The number of carbonyl (C=O) groups excluding carboxylic acids is 2. The lowest BCUT2D eigenvalue weighted by atomic mass is 9.96. The fraction of sp³-hybridized carbons (Fsp3) is 0.577. The Labute approximate surface area is 212 Å². The number of hydrogen-bond acceptors (Lipinski definition) is 6. The van der Waals surface area contributed by atoms with Gasteiger partial charge in [0, 0.05) is 44.8 Å². The molecule has 0 spiro atoms. The molecule has 2 aromatic rings. The Balaban J connectivity index is 1.67. The third-order valence-corrected chi connectivity index (χ3v) is 9.39. The van der Waals surface area contributed by atoms with Gasteiger partial charge in [-0.05, 0) is 50.8 Å². The number of fused-ring (bicyclic) bond motifs is 1. The van der Waals surface area contributed by atoms with Crippen LogP contribution in [-0.4, -0.2) is 66.9 Å². The zero-order valence-corrected chi connectivity index (χ0v) is 22.1. The summed E-state index contributed by atoms with van der Waals surface area (Å²) in [6, 6.07) is 4.47. The first kappa shape index (κ1) is 26.3. The molecule has 1 amide bonds. The van der Waals surface area contributed by atoms with Crippen LogP contribution in [0.5, 0.6) is 0 Å². The second-order valence-electron chi connectivity index (χ2n) is 9.82. The van der Waals surface area contributed by atoms with Gasteiger partial charge in [0.1, 0.15) is 5.56 Å². The zero-order valence-electron chi connectivity index (χ0n) is 21.2. The lowest BCUT2D eigenvalue weighted by Gasteiger charge is -2.31. The second-order valence-corrected chi connectivity index (χ2v) is 11.8. The topological polar surface area (TPSA) is 106 Å². The molecule has 1 aliphatic heterocycles. The number of sulfonamides is 1. The van der Waals surface area contributed by atoms with Crippen molar-refractivity contribution < 1.29 is 22.7 Å². The van der Waals surface area contributed by atoms with Gasteiger partial charge in [0.2, 0.25) is 15.5 Å². The molecule has 9 nitrogen and oxygen atoms in total. The number of benzene rings is 1. The maximum atomic E-state index is 13.5. The van der Waals surface area contributed by atoms with Gasteiger partial charge in [-0.2, -0.15) is 4.31 Å². The predicted octanol–water partition coefficient (Wildman–Crippen LogP) is 2.91. The number of hydrogen-bond donors (Lipinski definition) is 0. The number of pyridine rings is 1. The molecule has 2 heterocycles. The van der Waals surface area contributed by atoms with Crippen molar-refractivity contribution in [3.05, 3.63) is 40.2 Å². The second kappa shape index (κ2) is 10.7. The third kappa shape index (κ3) is 5.06. The molecule has 2 fully saturated rings. The molecule has 36 heavy (non-hydrogen) atoms. The van der Waals surface area contributed by atoms with Crippen LogP contribution in [0.25, 0.3) is 10.9 Å². The van der Waals surface area contributed by atoms with Crippen molar-refractivity contribution in [3.63, 3.8) is 0 Å². The van der Waals surface area contributed by atoms with Crippen LogP contribution in [-0.2, 0) is 26.6 Å². The van der Waals surface area contributed by atoms with Crippen molar-refractivity contribution in [1.82, 2.24) is 13.8 Å². The normalized spacial score (nSPS) is 19.6. The lowest BCUT2D eigenvalue weighted by Crippen LogP contribution is -2.44. The van der Waals surface area contributed by atoms with Gasteiger partial charge in [0.25, 0.3) is 5.91 Å². The average molecular weight is 518 g/mol. The molecule has 0 unspecified atom stereocenters. The van der Waals surface area contributed by atoms with Crippen LogP contribution in [0.2, 0.25) is 0 Å². The van der Waals surface area contributed by atoms with E-state index in [1.54, 1.807) is 31.7 Å². The molecule has 1 atom stereocenters. The first-order valence-corrected chi connectivity index (χ1v) is 14.2. The van der Waals surface area contributed by atoms with Gasteiger partial charge in [-0.15, -0.1) is 0 Å². The fourth-order valence-corrected chi connectivity index (χ4v) is 6.82. The van der Waals surface area contributed by atoms with Crippen molar-refractivity contribution in [2.24, 2.45) is 13.0 Å². The molecule has 1 saturated carbocycles. The van der Waals surface area contributed by atoms with Gasteiger partial charge in [-0.1, -0.05) is 19.3 Å². The number of ether oxygens (including phenoxy) is 1. The van der Waals surface area contributed by atoms with Crippen LogP contribution in [0.15, 0.2) is 34.1 Å². The Hall–Kier alpha value is -2.72. The molecule has 0 bridgehead atoms. The van der Waals surface area contributed by atoms with Crippen LogP contribution < -0.4 is 5.43 Å². The highest BCUT2D eigenvalue weighted by Gasteiger charge is 2.32. The molecule has 1 saturated heterocycles. The minimum atomic E-state index is -3.80. The average Bonchev–Trinajstić information content (AvgIpc) is 2.90. The van der Waals surface area contributed by atoms with E-state index in [1.807, 2.05) is 0 Å². The van der Waals surface area contributed by atoms with Crippen LogP contribution >= 0.6 is 0 Å². The van der Waals surface area contributed by atoms with Gasteiger partial charge < -0.3 is 14.2 Å². The number of aromatic nitrogens is 1. The van der Waals surface area contributed by atoms with Gasteiger partial charge in [-0.3, -0.25) is 14.4 Å². The monoisotopic (exact) mass is 517 g/mol. The van der Waals surface area contributed by atoms with Crippen molar-refractivity contribution in [3.8, 4) is 0 Å². The van der Waals surface area contributed by atoms with Gasteiger partial charge >= 0.3 is 5.97 Å². The number of amides is 1. The number of rotatable bonds is 6.